The summed E-state index contributed by atoms with van der Waals surface area (Å²) in [6.07, 6.45) is 4.71. The maximum atomic E-state index is 13.0. The molecule has 3 aliphatic rings. The third-order valence-corrected chi connectivity index (χ3v) is 6.56. The summed E-state index contributed by atoms with van der Waals surface area (Å²) in [4.78, 5) is 17.1. The molecule has 1 amide bonds. The molecule has 0 unspecified atom stereocenters. The number of amides is 1. The highest BCUT2D eigenvalue weighted by Crippen LogP contribution is 2.55. The number of aliphatic hydroxyl groups is 1. The molecule has 1 spiro atoms. The van der Waals surface area contributed by atoms with Gasteiger partial charge in [0, 0.05) is 25.1 Å². The first-order valence-corrected chi connectivity index (χ1v) is 10.3. The summed E-state index contributed by atoms with van der Waals surface area (Å²) in [5.74, 6) is 1.67. The van der Waals surface area contributed by atoms with Crippen LogP contribution in [0.15, 0.2) is 24.3 Å². The topological polar surface area (TPSA) is 62.2 Å². The predicted octanol–water partition coefficient (Wildman–Crippen LogP) is 2.09. The standard InChI is InChI=1S/C22H30N2O4/c1-4-23(5-2)14-19(26)24-11-10-22-9-8-16(25)12-18(22)28-21-17(27-3)7-6-15(13-24)20(21)22/h6-9,16,18,25H,4-5,10-14H2,1-3H3/t16-,18-,22-/m0/s1. The second-order valence-electron chi connectivity index (χ2n) is 7.97. The number of hydrogen-bond acceptors (Lipinski definition) is 5. The van der Waals surface area contributed by atoms with Crippen LogP contribution in [0.2, 0.25) is 0 Å². The van der Waals surface area contributed by atoms with Gasteiger partial charge < -0.3 is 19.5 Å². The normalized spacial score (nSPS) is 27.8. The van der Waals surface area contributed by atoms with Crippen LogP contribution in [-0.2, 0) is 16.8 Å². The molecule has 0 radical (unpaired) electrons. The predicted molar refractivity (Wildman–Crippen MR) is 107 cm³/mol. The molecule has 28 heavy (non-hydrogen) atoms. The smallest absolute Gasteiger partial charge is 0.237 e. The molecular formula is C22H30N2O4. The molecule has 152 valence electrons. The van der Waals surface area contributed by atoms with Crippen LogP contribution in [0.3, 0.4) is 0 Å². The van der Waals surface area contributed by atoms with Gasteiger partial charge in [-0.2, -0.15) is 0 Å². The third-order valence-electron chi connectivity index (χ3n) is 6.56. The van der Waals surface area contributed by atoms with E-state index in [2.05, 4.69) is 30.9 Å². The number of carbonyl (C=O) groups is 1. The second-order valence-corrected chi connectivity index (χ2v) is 7.97. The average Bonchev–Trinajstić information content (AvgIpc) is 2.93. The highest BCUT2D eigenvalue weighted by atomic mass is 16.5. The van der Waals surface area contributed by atoms with E-state index in [9.17, 15) is 9.90 Å². The van der Waals surface area contributed by atoms with Crippen molar-refractivity contribution in [2.75, 3.05) is 33.3 Å². The van der Waals surface area contributed by atoms with Gasteiger partial charge >= 0.3 is 0 Å². The van der Waals surface area contributed by atoms with Crippen LogP contribution in [0.1, 0.15) is 37.8 Å². The Balaban J connectivity index is 1.72. The Morgan fingerprint density at radius 3 is 2.89 bits per heavy atom. The minimum atomic E-state index is -0.497. The molecule has 4 rings (SSSR count). The van der Waals surface area contributed by atoms with Gasteiger partial charge in [-0.05, 0) is 31.1 Å². The minimum absolute atomic E-state index is 0.129. The highest BCUT2D eigenvalue weighted by molar-refractivity contribution is 5.79. The third kappa shape index (κ3) is 2.99. The lowest BCUT2D eigenvalue weighted by atomic mass is 9.69. The molecule has 0 aromatic heterocycles. The van der Waals surface area contributed by atoms with Crippen molar-refractivity contribution < 1.29 is 19.4 Å². The minimum Gasteiger partial charge on any atom is -0.493 e. The maximum Gasteiger partial charge on any atom is 0.237 e. The van der Waals surface area contributed by atoms with E-state index in [4.69, 9.17) is 9.47 Å². The fourth-order valence-electron chi connectivity index (χ4n) is 4.89. The molecule has 0 fully saturated rings. The van der Waals surface area contributed by atoms with E-state index in [1.165, 1.54) is 0 Å². The van der Waals surface area contributed by atoms with Gasteiger partial charge in [-0.15, -0.1) is 0 Å². The number of likely N-dealkylation sites (N-methyl/N-ethyl adjacent to an activating group) is 1. The Hall–Kier alpha value is -2.05. The summed E-state index contributed by atoms with van der Waals surface area (Å²) >= 11 is 0. The van der Waals surface area contributed by atoms with Crippen molar-refractivity contribution in [1.82, 2.24) is 9.80 Å². The number of nitrogens with zero attached hydrogens (tertiary/aromatic N) is 2. The second kappa shape index (κ2) is 7.41. The highest BCUT2D eigenvalue weighted by Gasteiger charge is 2.53. The quantitative estimate of drug-likeness (QED) is 0.785. The number of ether oxygens (including phenoxy) is 2. The Morgan fingerprint density at radius 1 is 1.39 bits per heavy atom. The van der Waals surface area contributed by atoms with Crippen LogP contribution in [-0.4, -0.2) is 66.3 Å². The zero-order valence-corrected chi connectivity index (χ0v) is 17.0. The monoisotopic (exact) mass is 386 g/mol. The lowest BCUT2D eigenvalue weighted by molar-refractivity contribution is -0.133. The molecule has 2 aliphatic heterocycles. The zero-order valence-electron chi connectivity index (χ0n) is 17.0. The van der Waals surface area contributed by atoms with Gasteiger partial charge in [0.25, 0.3) is 0 Å². The van der Waals surface area contributed by atoms with Crippen LogP contribution >= 0.6 is 0 Å². The average molecular weight is 386 g/mol. The van der Waals surface area contributed by atoms with Gasteiger partial charge in [-0.25, -0.2) is 0 Å². The summed E-state index contributed by atoms with van der Waals surface area (Å²) in [6, 6.07) is 3.99. The molecule has 0 saturated carbocycles. The van der Waals surface area contributed by atoms with Crippen LogP contribution in [0, 0.1) is 0 Å². The van der Waals surface area contributed by atoms with Crippen molar-refractivity contribution in [3.05, 3.63) is 35.4 Å². The summed E-state index contributed by atoms with van der Waals surface area (Å²) in [5.41, 5.74) is 1.95. The molecule has 0 saturated heterocycles. The number of methoxy groups -OCH3 is 1. The van der Waals surface area contributed by atoms with E-state index in [-0.39, 0.29) is 17.4 Å². The maximum absolute atomic E-state index is 13.0. The molecule has 1 aliphatic carbocycles. The lowest BCUT2D eigenvalue weighted by Crippen LogP contribution is -2.44. The van der Waals surface area contributed by atoms with Crippen molar-refractivity contribution >= 4 is 5.91 Å². The van der Waals surface area contributed by atoms with Gasteiger partial charge in [-0.1, -0.05) is 32.1 Å². The largest absolute Gasteiger partial charge is 0.493 e. The molecule has 1 aromatic carbocycles. The van der Waals surface area contributed by atoms with E-state index in [1.54, 1.807) is 7.11 Å². The first-order valence-electron chi connectivity index (χ1n) is 10.3. The molecule has 2 heterocycles. The van der Waals surface area contributed by atoms with Crippen molar-refractivity contribution in [3.63, 3.8) is 0 Å². The molecule has 1 aromatic rings. The number of rotatable bonds is 5. The number of benzene rings is 1. The van der Waals surface area contributed by atoms with Crippen LogP contribution in [0.5, 0.6) is 11.5 Å². The van der Waals surface area contributed by atoms with E-state index >= 15 is 0 Å². The SMILES string of the molecule is CCN(CC)CC(=O)N1CC[C@@]23C=C[C@H](O)C[C@@H]2Oc2c(OC)ccc(c23)C1. The van der Waals surface area contributed by atoms with E-state index < -0.39 is 6.10 Å². The Labute approximate surface area is 166 Å². The van der Waals surface area contributed by atoms with Gasteiger partial charge in [0.15, 0.2) is 11.5 Å². The molecule has 0 bridgehead atoms. The van der Waals surface area contributed by atoms with Crippen LogP contribution < -0.4 is 9.47 Å². The Bertz CT molecular complexity index is 789. The van der Waals surface area contributed by atoms with Crippen molar-refractivity contribution in [1.29, 1.82) is 0 Å². The van der Waals surface area contributed by atoms with Crippen molar-refractivity contribution in [2.45, 2.75) is 50.9 Å². The summed E-state index contributed by atoms with van der Waals surface area (Å²) in [5, 5.41) is 10.2. The molecule has 6 nitrogen and oxygen atoms in total. The van der Waals surface area contributed by atoms with Crippen LogP contribution in [0.25, 0.3) is 0 Å². The fraction of sp³-hybridized carbons (Fsp3) is 0.591. The van der Waals surface area contributed by atoms with E-state index in [1.807, 2.05) is 17.0 Å². The van der Waals surface area contributed by atoms with Gasteiger partial charge in [-0.3, -0.25) is 9.69 Å². The van der Waals surface area contributed by atoms with Crippen molar-refractivity contribution in [3.8, 4) is 11.5 Å². The van der Waals surface area contributed by atoms with Crippen molar-refractivity contribution in [2.24, 2.45) is 0 Å². The van der Waals surface area contributed by atoms with Gasteiger partial charge in [0.05, 0.1) is 25.2 Å². The van der Waals surface area contributed by atoms with Crippen LogP contribution in [0.4, 0.5) is 0 Å². The zero-order chi connectivity index (χ0) is 19.9. The lowest BCUT2D eigenvalue weighted by Gasteiger charge is -2.36. The summed E-state index contributed by atoms with van der Waals surface area (Å²) in [7, 11) is 1.65. The molecule has 1 N–H and O–H groups in total. The summed E-state index contributed by atoms with van der Waals surface area (Å²) in [6.45, 7) is 7.62. The molecule has 3 atom stereocenters. The first-order chi connectivity index (χ1) is 13.5. The molecular weight excluding hydrogens is 356 g/mol. The van der Waals surface area contributed by atoms with E-state index in [0.29, 0.717) is 26.1 Å². The first kappa shape index (κ1) is 19.3. The Kier molecular flexibility index (Phi) is 5.10. The summed E-state index contributed by atoms with van der Waals surface area (Å²) < 4.78 is 11.9. The van der Waals surface area contributed by atoms with Gasteiger partial charge in [0.2, 0.25) is 5.91 Å². The molecule has 6 heteroatoms. The number of aliphatic hydroxyl groups excluding tert-OH is 1. The number of hydrogen-bond donors (Lipinski definition) is 1. The van der Waals surface area contributed by atoms with E-state index in [0.717, 1.165) is 42.1 Å². The fourth-order valence-corrected chi connectivity index (χ4v) is 4.89. The Morgan fingerprint density at radius 2 is 2.18 bits per heavy atom. The van der Waals surface area contributed by atoms with Gasteiger partial charge in [0.1, 0.15) is 6.10 Å². The number of carbonyl (C=O) groups excluding carboxylic acids is 1.